The van der Waals surface area contributed by atoms with Gasteiger partial charge in [-0.3, -0.25) is 0 Å². The second-order valence-corrected chi connectivity index (χ2v) is 3.94. The lowest BCUT2D eigenvalue weighted by Gasteiger charge is -2.09. The predicted molar refractivity (Wildman–Crippen MR) is 72.8 cm³/mol. The summed E-state index contributed by atoms with van der Waals surface area (Å²) in [4.78, 5) is 7.23. The van der Waals surface area contributed by atoms with Crippen LogP contribution < -0.4 is 15.8 Å². The van der Waals surface area contributed by atoms with Crippen LogP contribution in [0, 0.1) is 0 Å². The average Bonchev–Trinajstić information content (AvgIpc) is 2.82. The number of nitrogens with one attached hydrogen (secondary N) is 2. The standard InChI is InChI=1S/C13H18N4O/c1-2-18-12-8-10(14)7-11(9-12)15-4-3-13-16-5-6-17-13/h5-9,15H,2-4,14H2,1H3,(H,16,17). The van der Waals surface area contributed by atoms with E-state index in [1.807, 2.05) is 31.3 Å². The molecule has 2 aromatic rings. The van der Waals surface area contributed by atoms with Gasteiger partial charge in [-0.05, 0) is 13.0 Å². The lowest BCUT2D eigenvalue weighted by atomic mass is 10.2. The minimum atomic E-state index is 0.634. The summed E-state index contributed by atoms with van der Waals surface area (Å²) in [6.45, 7) is 3.38. The highest BCUT2D eigenvalue weighted by atomic mass is 16.5. The van der Waals surface area contributed by atoms with Crippen molar-refractivity contribution in [3.63, 3.8) is 0 Å². The summed E-state index contributed by atoms with van der Waals surface area (Å²) in [5.74, 6) is 1.76. The molecule has 96 valence electrons. The van der Waals surface area contributed by atoms with E-state index in [1.54, 1.807) is 6.20 Å². The number of nitrogens with zero attached hydrogens (tertiary/aromatic N) is 1. The number of nitrogens with two attached hydrogens (primary N) is 1. The summed E-state index contributed by atoms with van der Waals surface area (Å²) < 4.78 is 5.44. The van der Waals surface area contributed by atoms with Gasteiger partial charge in [0.1, 0.15) is 11.6 Å². The van der Waals surface area contributed by atoms with E-state index in [0.29, 0.717) is 12.3 Å². The zero-order valence-corrected chi connectivity index (χ0v) is 10.4. The first-order valence-electron chi connectivity index (χ1n) is 6.03. The highest BCUT2D eigenvalue weighted by molar-refractivity contribution is 5.59. The van der Waals surface area contributed by atoms with Crippen LogP contribution in [0.15, 0.2) is 30.6 Å². The first-order chi connectivity index (χ1) is 8.78. The Bertz CT molecular complexity index is 482. The van der Waals surface area contributed by atoms with Crippen molar-refractivity contribution in [3.05, 3.63) is 36.4 Å². The maximum absolute atomic E-state index is 5.82. The fourth-order valence-corrected chi connectivity index (χ4v) is 1.73. The fourth-order valence-electron chi connectivity index (χ4n) is 1.73. The van der Waals surface area contributed by atoms with E-state index >= 15 is 0 Å². The lowest BCUT2D eigenvalue weighted by molar-refractivity contribution is 0.340. The molecular formula is C13H18N4O. The van der Waals surface area contributed by atoms with Crippen molar-refractivity contribution < 1.29 is 4.74 Å². The summed E-state index contributed by atoms with van der Waals surface area (Å²) in [6, 6.07) is 5.66. The number of hydrogen-bond donors (Lipinski definition) is 3. The Morgan fingerprint density at radius 1 is 1.39 bits per heavy atom. The van der Waals surface area contributed by atoms with Crippen molar-refractivity contribution >= 4 is 11.4 Å². The van der Waals surface area contributed by atoms with E-state index in [1.165, 1.54) is 0 Å². The van der Waals surface area contributed by atoms with Crippen molar-refractivity contribution in [1.82, 2.24) is 9.97 Å². The minimum Gasteiger partial charge on any atom is -0.494 e. The van der Waals surface area contributed by atoms with Crippen molar-refractivity contribution in [2.24, 2.45) is 0 Å². The predicted octanol–water partition coefficient (Wildman–Crippen LogP) is 2.05. The van der Waals surface area contributed by atoms with E-state index in [4.69, 9.17) is 10.5 Å². The lowest BCUT2D eigenvalue weighted by Crippen LogP contribution is -2.06. The molecular weight excluding hydrogens is 228 g/mol. The van der Waals surface area contributed by atoms with Crippen LogP contribution in [0.1, 0.15) is 12.7 Å². The summed E-state index contributed by atoms with van der Waals surface area (Å²) in [5, 5.41) is 3.30. The Labute approximate surface area is 106 Å². The number of hydrogen-bond acceptors (Lipinski definition) is 4. The number of H-pyrrole nitrogens is 1. The van der Waals surface area contributed by atoms with E-state index < -0.39 is 0 Å². The van der Waals surface area contributed by atoms with E-state index in [-0.39, 0.29) is 0 Å². The van der Waals surface area contributed by atoms with Gasteiger partial charge >= 0.3 is 0 Å². The topological polar surface area (TPSA) is 76.0 Å². The van der Waals surface area contributed by atoms with Crippen molar-refractivity contribution in [1.29, 1.82) is 0 Å². The second kappa shape index (κ2) is 5.95. The van der Waals surface area contributed by atoms with Crippen LogP contribution in [0.3, 0.4) is 0 Å². The Morgan fingerprint density at radius 3 is 3.00 bits per heavy atom. The van der Waals surface area contributed by atoms with Crippen molar-refractivity contribution in [2.75, 3.05) is 24.2 Å². The average molecular weight is 246 g/mol. The van der Waals surface area contributed by atoms with Crippen LogP contribution in [0.4, 0.5) is 11.4 Å². The van der Waals surface area contributed by atoms with Crippen LogP contribution in [-0.2, 0) is 6.42 Å². The zero-order valence-electron chi connectivity index (χ0n) is 10.4. The summed E-state index contributed by atoms with van der Waals surface area (Å²) in [6.07, 6.45) is 4.41. The third-order valence-electron chi connectivity index (χ3n) is 2.49. The summed E-state index contributed by atoms with van der Waals surface area (Å²) in [7, 11) is 0. The zero-order chi connectivity index (χ0) is 12.8. The molecule has 2 rings (SSSR count). The molecule has 0 aliphatic rings. The Kier molecular flexibility index (Phi) is 4.06. The molecule has 4 N–H and O–H groups in total. The van der Waals surface area contributed by atoms with Gasteiger partial charge in [-0.25, -0.2) is 4.98 Å². The number of nitrogen functional groups attached to an aromatic ring is 1. The van der Waals surface area contributed by atoms with Crippen LogP contribution in [0.25, 0.3) is 0 Å². The van der Waals surface area contributed by atoms with Gasteiger partial charge in [0.05, 0.1) is 6.61 Å². The van der Waals surface area contributed by atoms with Gasteiger partial charge in [-0.1, -0.05) is 0 Å². The van der Waals surface area contributed by atoms with E-state index in [2.05, 4.69) is 15.3 Å². The molecule has 0 aliphatic heterocycles. The van der Waals surface area contributed by atoms with Crippen LogP contribution in [0.5, 0.6) is 5.75 Å². The first-order valence-corrected chi connectivity index (χ1v) is 6.03. The number of aromatic amines is 1. The van der Waals surface area contributed by atoms with Crippen LogP contribution >= 0.6 is 0 Å². The second-order valence-electron chi connectivity index (χ2n) is 3.94. The highest BCUT2D eigenvalue weighted by Crippen LogP contribution is 2.22. The maximum atomic E-state index is 5.82. The number of imidazole rings is 1. The molecule has 0 spiro atoms. The summed E-state index contributed by atoms with van der Waals surface area (Å²) in [5.41, 5.74) is 7.48. The number of aromatic nitrogens is 2. The van der Waals surface area contributed by atoms with Gasteiger partial charge < -0.3 is 20.8 Å². The number of rotatable bonds is 6. The van der Waals surface area contributed by atoms with Gasteiger partial charge in [0, 0.05) is 48.9 Å². The van der Waals surface area contributed by atoms with Gasteiger partial charge in [-0.2, -0.15) is 0 Å². The molecule has 0 amide bonds. The largest absolute Gasteiger partial charge is 0.494 e. The van der Waals surface area contributed by atoms with Crippen molar-refractivity contribution in [3.8, 4) is 5.75 Å². The molecule has 0 atom stereocenters. The normalized spacial score (nSPS) is 10.3. The SMILES string of the molecule is CCOc1cc(N)cc(NCCc2ncc[nH]2)c1. The monoisotopic (exact) mass is 246 g/mol. The number of benzene rings is 1. The third kappa shape index (κ3) is 3.41. The minimum absolute atomic E-state index is 0.634. The molecule has 0 saturated heterocycles. The van der Waals surface area contributed by atoms with Gasteiger partial charge in [0.2, 0.25) is 0 Å². The van der Waals surface area contributed by atoms with Crippen LogP contribution in [-0.4, -0.2) is 23.1 Å². The molecule has 0 fully saturated rings. The fraction of sp³-hybridized carbons (Fsp3) is 0.308. The summed E-state index contributed by atoms with van der Waals surface area (Å²) >= 11 is 0. The first kappa shape index (κ1) is 12.3. The van der Waals surface area contributed by atoms with Gasteiger partial charge in [0.15, 0.2) is 0 Å². The molecule has 0 bridgehead atoms. The number of ether oxygens (including phenoxy) is 1. The Hall–Kier alpha value is -2.17. The van der Waals surface area contributed by atoms with Crippen LogP contribution in [0.2, 0.25) is 0 Å². The molecule has 0 radical (unpaired) electrons. The molecule has 5 heteroatoms. The van der Waals surface area contributed by atoms with Crippen molar-refractivity contribution in [2.45, 2.75) is 13.3 Å². The maximum Gasteiger partial charge on any atom is 0.123 e. The van der Waals surface area contributed by atoms with Gasteiger partial charge in [-0.15, -0.1) is 0 Å². The van der Waals surface area contributed by atoms with E-state index in [0.717, 1.165) is 30.2 Å². The molecule has 1 aromatic carbocycles. The molecule has 5 nitrogen and oxygen atoms in total. The molecule has 1 heterocycles. The quantitative estimate of drug-likeness (QED) is 0.682. The smallest absolute Gasteiger partial charge is 0.123 e. The molecule has 18 heavy (non-hydrogen) atoms. The third-order valence-corrected chi connectivity index (χ3v) is 2.49. The Balaban J connectivity index is 1.92. The van der Waals surface area contributed by atoms with E-state index in [9.17, 15) is 0 Å². The number of anilines is 2. The molecule has 0 saturated carbocycles. The highest BCUT2D eigenvalue weighted by Gasteiger charge is 2.00. The molecule has 0 aliphatic carbocycles. The Morgan fingerprint density at radius 2 is 2.28 bits per heavy atom. The van der Waals surface area contributed by atoms with Gasteiger partial charge in [0.25, 0.3) is 0 Å². The molecule has 1 aromatic heterocycles. The molecule has 0 unspecified atom stereocenters.